The van der Waals surface area contributed by atoms with E-state index in [2.05, 4.69) is 46.7 Å². The molecule has 0 fully saturated rings. The topological polar surface area (TPSA) is 63.8 Å². The van der Waals surface area contributed by atoms with Gasteiger partial charge in [-0.25, -0.2) is 0 Å². The van der Waals surface area contributed by atoms with Crippen molar-refractivity contribution in [3.05, 3.63) is 53.2 Å². The molecule has 0 radical (unpaired) electrons. The molecule has 0 aliphatic rings. The lowest BCUT2D eigenvalue weighted by Gasteiger charge is -2.09. The first-order valence-corrected chi connectivity index (χ1v) is 5.98. The summed E-state index contributed by atoms with van der Waals surface area (Å²) in [6.45, 7) is 2.72. The monoisotopic (exact) mass is 258 g/mol. The summed E-state index contributed by atoms with van der Waals surface area (Å²) >= 11 is 4.97. The van der Waals surface area contributed by atoms with Crippen LogP contribution in [0.4, 0.5) is 5.82 Å². The summed E-state index contributed by atoms with van der Waals surface area (Å²) in [5, 5.41) is 11.0. The molecule has 2 aromatic rings. The zero-order chi connectivity index (χ0) is 13.0. The highest BCUT2D eigenvalue weighted by Gasteiger charge is 2.06. The first-order chi connectivity index (χ1) is 8.66. The van der Waals surface area contributed by atoms with Gasteiger partial charge in [0.25, 0.3) is 0 Å². The number of hydrogen-bond acceptors (Lipinski definition) is 4. The number of hydrogen-bond donors (Lipinski definition) is 2. The van der Waals surface area contributed by atoms with Gasteiger partial charge >= 0.3 is 0 Å². The van der Waals surface area contributed by atoms with E-state index in [0.717, 1.165) is 0 Å². The van der Waals surface area contributed by atoms with Gasteiger partial charge in [-0.05, 0) is 18.6 Å². The molecule has 1 aromatic carbocycles. The van der Waals surface area contributed by atoms with Crippen molar-refractivity contribution in [2.45, 2.75) is 13.5 Å². The molecule has 5 heteroatoms. The van der Waals surface area contributed by atoms with Crippen LogP contribution in [0.5, 0.6) is 0 Å². The number of aryl methyl sites for hydroxylation is 1. The van der Waals surface area contributed by atoms with Gasteiger partial charge in [0.2, 0.25) is 0 Å². The minimum atomic E-state index is 0.316. The lowest BCUT2D eigenvalue weighted by molar-refractivity contribution is 0.996. The summed E-state index contributed by atoms with van der Waals surface area (Å²) in [6, 6.07) is 10.0. The van der Waals surface area contributed by atoms with E-state index in [1.165, 1.54) is 11.1 Å². The number of aromatic nitrogens is 2. The zero-order valence-corrected chi connectivity index (χ0v) is 10.9. The summed E-state index contributed by atoms with van der Waals surface area (Å²) in [5.41, 5.74) is 8.75. The first-order valence-electron chi connectivity index (χ1n) is 5.58. The fraction of sp³-hybridized carbons (Fsp3) is 0.154. The molecule has 92 valence electrons. The number of thiocarbonyl (C=S) groups is 1. The summed E-state index contributed by atoms with van der Waals surface area (Å²) in [5.74, 6) is 0.616. The molecule has 0 spiro atoms. The van der Waals surface area contributed by atoms with E-state index in [1.807, 2.05) is 0 Å². The van der Waals surface area contributed by atoms with Gasteiger partial charge in [-0.2, -0.15) is 5.10 Å². The Bertz CT molecular complexity index is 551. The van der Waals surface area contributed by atoms with Crippen LogP contribution in [0.15, 0.2) is 36.5 Å². The molecule has 18 heavy (non-hydrogen) atoms. The van der Waals surface area contributed by atoms with E-state index < -0.39 is 0 Å². The molecule has 3 N–H and O–H groups in total. The minimum absolute atomic E-state index is 0.316. The quantitative estimate of drug-likeness (QED) is 0.822. The molecule has 0 saturated carbocycles. The van der Waals surface area contributed by atoms with E-state index in [9.17, 15) is 0 Å². The molecule has 2 rings (SSSR count). The summed E-state index contributed by atoms with van der Waals surface area (Å²) < 4.78 is 0. The maximum Gasteiger partial charge on any atom is 0.159 e. The second-order valence-electron chi connectivity index (χ2n) is 4.00. The van der Waals surface area contributed by atoms with E-state index in [4.69, 9.17) is 18.0 Å². The molecule has 1 heterocycles. The van der Waals surface area contributed by atoms with Crippen LogP contribution < -0.4 is 11.1 Å². The van der Waals surface area contributed by atoms with Crippen molar-refractivity contribution >= 4 is 23.0 Å². The number of anilines is 1. The average Bonchev–Trinajstić information content (AvgIpc) is 2.38. The lowest BCUT2D eigenvalue weighted by Crippen LogP contribution is -2.14. The third-order valence-corrected chi connectivity index (χ3v) is 2.79. The standard InChI is InChI=1S/C13H14N4S/c1-9-2-4-10(5-3-9)8-15-13-11(12(14)18)6-7-16-17-13/h2-7H,8H2,1H3,(H2,14,18)(H,15,17). The smallest absolute Gasteiger partial charge is 0.159 e. The number of nitrogens with zero attached hydrogens (tertiary/aromatic N) is 2. The molecule has 0 bridgehead atoms. The van der Waals surface area contributed by atoms with Crippen LogP contribution in [0, 0.1) is 6.92 Å². The molecule has 0 saturated heterocycles. The number of benzene rings is 1. The van der Waals surface area contributed by atoms with Crippen molar-refractivity contribution in [1.29, 1.82) is 0 Å². The number of nitrogens with one attached hydrogen (secondary N) is 1. The van der Waals surface area contributed by atoms with Crippen LogP contribution in [-0.2, 0) is 6.54 Å². The molecule has 0 aliphatic heterocycles. The van der Waals surface area contributed by atoms with Crippen LogP contribution in [-0.4, -0.2) is 15.2 Å². The Kier molecular flexibility index (Phi) is 3.84. The molecule has 0 amide bonds. The maximum atomic E-state index is 5.63. The van der Waals surface area contributed by atoms with Gasteiger partial charge in [0.05, 0.1) is 11.8 Å². The second-order valence-corrected chi connectivity index (χ2v) is 4.44. The van der Waals surface area contributed by atoms with Crippen molar-refractivity contribution in [3.8, 4) is 0 Å². The van der Waals surface area contributed by atoms with E-state index in [0.29, 0.717) is 22.9 Å². The van der Waals surface area contributed by atoms with Crippen molar-refractivity contribution in [2.24, 2.45) is 5.73 Å². The predicted molar refractivity (Wildman–Crippen MR) is 76.4 cm³/mol. The van der Waals surface area contributed by atoms with E-state index in [1.54, 1.807) is 12.3 Å². The van der Waals surface area contributed by atoms with Gasteiger partial charge in [0.15, 0.2) is 5.82 Å². The molecular weight excluding hydrogens is 244 g/mol. The molecule has 0 atom stereocenters. The average molecular weight is 258 g/mol. The van der Waals surface area contributed by atoms with Gasteiger partial charge in [0, 0.05) is 6.54 Å². The summed E-state index contributed by atoms with van der Waals surface area (Å²) in [6.07, 6.45) is 1.57. The summed E-state index contributed by atoms with van der Waals surface area (Å²) in [7, 11) is 0. The van der Waals surface area contributed by atoms with E-state index >= 15 is 0 Å². The van der Waals surface area contributed by atoms with Crippen LogP contribution in [0.3, 0.4) is 0 Å². The predicted octanol–water partition coefficient (Wildman–Crippen LogP) is 2.03. The van der Waals surface area contributed by atoms with Crippen LogP contribution in [0.25, 0.3) is 0 Å². The lowest BCUT2D eigenvalue weighted by atomic mass is 10.1. The third kappa shape index (κ3) is 3.01. The Morgan fingerprint density at radius 1 is 1.28 bits per heavy atom. The Balaban J connectivity index is 2.10. The van der Waals surface area contributed by atoms with Gasteiger partial charge in [-0.15, -0.1) is 5.10 Å². The van der Waals surface area contributed by atoms with Gasteiger partial charge in [0.1, 0.15) is 4.99 Å². The third-order valence-electron chi connectivity index (χ3n) is 2.57. The second kappa shape index (κ2) is 5.55. The highest BCUT2D eigenvalue weighted by atomic mass is 32.1. The summed E-state index contributed by atoms with van der Waals surface area (Å²) in [4.78, 5) is 0.316. The Hall–Kier alpha value is -2.01. The van der Waals surface area contributed by atoms with Crippen LogP contribution >= 0.6 is 12.2 Å². The van der Waals surface area contributed by atoms with Crippen molar-refractivity contribution in [2.75, 3.05) is 5.32 Å². The number of rotatable bonds is 4. The van der Waals surface area contributed by atoms with Crippen molar-refractivity contribution in [3.63, 3.8) is 0 Å². The SMILES string of the molecule is Cc1ccc(CNc2nnccc2C(N)=S)cc1. The fourth-order valence-corrected chi connectivity index (χ4v) is 1.72. The van der Waals surface area contributed by atoms with Gasteiger partial charge < -0.3 is 11.1 Å². The first kappa shape index (κ1) is 12.4. The van der Waals surface area contributed by atoms with Crippen molar-refractivity contribution < 1.29 is 0 Å². The molecular formula is C13H14N4S. The largest absolute Gasteiger partial charge is 0.389 e. The van der Waals surface area contributed by atoms with Crippen LogP contribution in [0.2, 0.25) is 0 Å². The van der Waals surface area contributed by atoms with Gasteiger partial charge in [-0.1, -0.05) is 42.0 Å². The molecule has 0 unspecified atom stereocenters. The van der Waals surface area contributed by atoms with Crippen molar-refractivity contribution in [1.82, 2.24) is 10.2 Å². The van der Waals surface area contributed by atoms with Crippen LogP contribution in [0.1, 0.15) is 16.7 Å². The fourth-order valence-electron chi connectivity index (χ4n) is 1.55. The Labute approximate surface area is 111 Å². The normalized spacial score (nSPS) is 10.1. The van der Waals surface area contributed by atoms with Gasteiger partial charge in [-0.3, -0.25) is 0 Å². The highest BCUT2D eigenvalue weighted by molar-refractivity contribution is 7.80. The Morgan fingerprint density at radius 3 is 2.67 bits per heavy atom. The number of nitrogens with two attached hydrogens (primary N) is 1. The zero-order valence-electron chi connectivity index (χ0n) is 10.1. The maximum absolute atomic E-state index is 5.63. The molecule has 0 aliphatic carbocycles. The molecule has 1 aromatic heterocycles. The van der Waals surface area contributed by atoms with E-state index in [-0.39, 0.29) is 0 Å². The Morgan fingerprint density at radius 2 is 2.00 bits per heavy atom. The highest BCUT2D eigenvalue weighted by Crippen LogP contribution is 2.12. The minimum Gasteiger partial charge on any atom is -0.389 e. The molecule has 4 nitrogen and oxygen atoms in total.